The summed E-state index contributed by atoms with van der Waals surface area (Å²) < 4.78 is 39.6. The lowest BCUT2D eigenvalue weighted by atomic mass is 10.2. The largest absolute Gasteiger partial charge is 0.417 e. The van der Waals surface area contributed by atoms with Crippen molar-refractivity contribution in [2.75, 3.05) is 31.1 Å². The number of carbonyl (C=O) groups excluding carboxylic acids is 1. The van der Waals surface area contributed by atoms with Gasteiger partial charge < -0.3 is 19.5 Å². The summed E-state index contributed by atoms with van der Waals surface area (Å²) >= 11 is 0. The highest BCUT2D eigenvalue weighted by molar-refractivity contribution is 5.94. The highest BCUT2D eigenvalue weighted by atomic mass is 19.4. The number of aliphatic hydroxyl groups excluding tert-OH is 1. The van der Waals surface area contributed by atoms with Crippen molar-refractivity contribution in [3.63, 3.8) is 0 Å². The van der Waals surface area contributed by atoms with E-state index in [1.165, 1.54) is 6.07 Å². The number of alkyl halides is 3. The zero-order valence-electron chi connectivity index (χ0n) is 14.9. The fourth-order valence-corrected chi connectivity index (χ4v) is 3.05. The maximum Gasteiger partial charge on any atom is 0.417 e. The predicted molar refractivity (Wildman–Crippen MR) is 93.5 cm³/mol. The Kier molecular flexibility index (Phi) is 5.41. The smallest absolute Gasteiger partial charge is 0.392 e. The molecule has 1 N–H and O–H groups in total. The monoisotopic (exact) mass is 382 g/mol. The Balaban J connectivity index is 1.58. The van der Waals surface area contributed by atoms with Crippen molar-refractivity contribution < 1.29 is 23.1 Å². The molecule has 0 radical (unpaired) electrons. The second-order valence-electron chi connectivity index (χ2n) is 6.63. The van der Waals surface area contributed by atoms with E-state index in [0.29, 0.717) is 44.1 Å². The Hall–Kier alpha value is -2.55. The third-order valence-electron chi connectivity index (χ3n) is 4.44. The Labute approximate surface area is 154 Å². The molecular formula is C18H21F3N4O2. The van der Waals surface area contributed by atoms with Crippen molar-refractivity contribution in [1.82, 2.24) is 14.5 Å². The first-order valence-corrected chi connectivity index (χ1v) is 8.65. The van der Waals surface area contributed by atoms with Crippen LogP contribution in [0, 0.1) is 0 Å². The van der Waals surface area contributed by atoms with Crippen molar-refractivity contribution in [1.29, 1.82) is 0 Å². The number of aromatic nitrogens is 2. The molecule has 3 rings (SSSR count). The first kappa shape index (κ1) is 19.2. The van der Waals surface area contributed by atoms with Crippen LogP contribution in [0.25, 0.3) is 0 Å². The van der Waals surface area contributed by atoms with Crippen LogP contribution in [-0.4, -0.2) is 57.7 Å². The molecule has 6 nitrogen and oxygen atoms in total. The first-order valence-electron chi connectivity index (χ1n) is 8.65. The zero-order chi connectivity index (χ0) is 19.6. The second-order valence-corrected chi connectivity index (χ2v) is 6.63. The van der Waals surface area contributed by atoms with Crippen LogP contribution in [0.15, 0.2) is 36.8 Å². The number of amides is 1. The summed E-state index contributed by atoms with van der Waals surface area (Å²) in [6, 6.07) is 4.09. The number of carbonyl (C=O) groups is 1. The van der Waals surface area contributed by atoms with E-state index >= 15 is 0 Å². The summed E-state index contributed by atoms with van der Waals surface area (Å²) in [6.45, 7) is 4.01. The topological polar surface area (TPSA) is 61.6 Å². The molecule has 0 spiro atoms. The van der Waals surface area contributed by atoms with Gasteiger partial charge in [0.25, 0.3) is 5.91 Å². The molecule has 0 aromatic carbocycles. The van der Waals surface area contributed by atoms with Crippen LogP contribution < -0.4 is 4.90 Å². The van der Waals surface area contributed by atoms with E-state index in [1.807, 2.05) is 4.90 Å². The number of nitrogens with zero attached hydrogens (tertiary/aromatic N) is 4. The van der Waals surface area contributed by atoms with Crippen LogP contribution in [0.2, 0.25) is 0 Å². The summed E-state index contributed by atoms with van der Waals surface area (Å²) in [5, 5.41) is 9.41. The van der Waals surface area contributed by atoms with Gasteiger partial charge in [0, 0.05) is 51.3 Å². The quantitative estimate of drug-likeness (QED) is 0.881. The van der Waals surface area contributed by atoms with Crippen molar-refractivity contribution >= 4 is 11.7 Å². The summed E-state index contributed by atoms with van der Waals surface area (Å²) in [4.78, 5) is 20.1. The van der Waals surface area contributed by atoms with E-state index in [-0.39, 0.29) is 5.91 Å². The van der Waals surface area contributed by atoms with Crippen LogP contribution in [0.1, 0.15) is 22.8 Å². The molecule has 1 atom stereocenters. The number of halogens is 3. The molecule has 0 aliphatic carbocycles. The van der Waals surface area contributed by atoms with Gasteiger partial charge in [0.2, 0.25) is 0 Å². The van der Waals surface area contributed by atoms with Crippen LogP contribution in [0.4, 0.5) is 19.0 Å². The van der Waals surface area contributed by atoms with Gasteiger partial charge >= 0.3 is 6.18 Å². The second kappa shape index (κ2) is 7.59. The van der Waals surface area contributed by atoms with Crippen molar-refractivity contribution in [2.24, 2.45) is 0 Å². The summed E-state index contributed by atoms with van der Waals surface area (Å²) in [5.41, 5.74) is -0.224. The van der Waals surface area contributed by atoms with Gasteiger partial charge in [-0.1, -0.05) is 0 Å². The molecule has 146 valence electrons. The van der Waals surface area contributed by atoms with Gasteiger partial charge in [0.1, 0.15) is 5.82 Å². The number of aliphatic hydroxyl groups is 1. The summed E-state index contributed by atoms with van der Waals surface area (Å²) in [5.74, 6) is 0.373. The van der Waals surface area contributed by atoms with Gasteiger partial charge in [-0.05, 0) is 25.1 Å². The number of rotatable bonds is 4. The Bertz CT molecular complexity index is 779. The molecule has 0 bridgehead atoms. The maximum atomic E-state index is 12.6. The molecule has 2 aromatic rings. The molecule has 1 amide bonds. The molecule has 3 heterocycles. The molecule has 1 fully saturated rings. The van der Waals surface area contributed by atoms with Crippen molar-refractivity contribution in [3.05, 3.63) is 47.9 Å². The van der Waals surface area contributed by atoms with Gasteiger partial charge in [-0.3, -0.25) is 4.79 Å². The molecule has 27 heavy (non-hydrogen) atoms. The molecule has 1 aliphatic heterocycles. The van der Waals surface area contributed by atoms with Gasteiger partial charge in [0.05, 0.1) is 17.2 Å². The van der Waals surface area contributed by atoms with E-state index in [1.54, 1.807) is 34.9 Å². The van der Waals surface area contributed by atoms with Crippen LogP contribution in [-0.2, 0) is 12.7 Å². The third kappa shape index (κ3) is 4.60. The predicted octanol–water partition coefficient (Wildman–Crippen LogP) is 2.25. The minimum Gasteiger partial charge on any atom is -0.392 e. The number of hydrogen-bond donors (Lipinski definition) is 1. The van der Waals surface area contributed by atoms with Crippen molar-refractivity contribution in [2.45, 2.75) is 25.7 Å². The van der Waals surface area contributed by atoms with E-state index < -0.39 is 17.8 Å². The van der Waals surface area contributed by atoms with Gasteiger partial charge in [-0.2, -0.15) is 13.2 Å². The lowest BCUT2D eigenvalue weighted by molar-refractivity contribution is -0.137. The molecular weight excluding hydrogens is 361 g/mol. The lowest BCUT2D eigenvalue weighted by Crippen LogP contribution is -2.49. The van der Waals surface area contributed by atoms with Crippen LogP contribution in [0.5, 0.6) is 0 Å². The molecule has 1 saturated heterocycles. The number of anilines is 1. The minimum atomic E-state index is -4.40. The molecule has 0 unspecified atom stereocenters. The zero-order valence-corrected chi connectivity index (χ0v) is 14.9. The van der Waals surface area contributed by atoms with Crippen molar-refractivity contribution in [3.8, 4) is 0 Å². The lowest BCUT2D eigenvalue weighted by Gasteiger charge is -2.35. The molecule has 2 aromatic heterocycles. The minimum absolute atomic E-state index is 0.0978. The maximum absolute atomic E-state index is 12.6. The SMILES string of the molecule is C[C@H](O)Cn1ccc(C(=O)N2CCN(c3ccc(C(F)(F)F)cn3)CC2)c1. The third-order valence-corrected chi connectivity index (χ3v) is 4.44. The molecule has 9 heteroatoms. The van der Waals surface area contributed by atoms with E-state index in [9.17, 15) is 23.1 Å². The average molecular weight is 382 g/mol. The van der Waals surface area contributed by atoms with E-state index in [0.717, 1.165) is 12.3 Å². The Morgan fingerprint density at radius 2 is 1.93 bits per heavy atom. The average Bonchev–Trinajstić information content (AvgIpc) is 3.08. The van der Waals surface area contributed by atoms with E-state index in [4.69, 9.17) is 0 Å². The summed E-state index contributed by atoms with van der Waals surface area (Å²) in [6.07, 6.45) is -0.611. The van der Waals surface area contributed by atoms with Gasteiger partial charge in [0.15, 0.2) is 0 Å². The summed E-state index contributed by atoms with van der Waals surface area (Å²) in [7, 11) is 0. The Morgan fingerprint density at radius 1 is 1.22 bits per heavy atom. The Morgan fingerprint density at radius 3 is 2.48 bits per heavy atom. The molecule has 0 saturated carbocycles. The molecule has 1 aliphatic rings. The fraction of sp³-hybridized carbons (Fsp3) is 0.444. The van der Waals surface area contributed by atoms with Gasteiger partial charge in [-0.25, -0.2) is 4.98 Å². The highest BCUT2D eigenvalue weighted by Crippen LogP contribution is 2.29. The van der Waals surface area contributed by atoms with E-state index in [2.05, 4.69) is 4.98 Å². The normalized spacial score (nSPS) is 16.5. The standard InChI is InChI=1S/C18H21F3N4O2/c1-13(26)11-23-5-4-14(12-23)17(27)25-8-6-24(7-9-25)16-3-2-15(10-22-16)18(19,20)21/h2-5,10,12-13,26H,6-9,11H2,1H3/t13-/m0/s1. The van der Waals surface area contributed by atoms with Crippen LogP contribution in [0.3, 0.4) is 0 Å². The van der Waals surface area contributed by atoms with Crippen LogP contribution >= 0.6 is 0 Å². The fourth-order valence-electron chi connectivity index (χ4n) is 3.05. The van der Waals surface area contributed by atoms with Gasteiger partial charge in [-0.15, -0.1) is 0 Å². The number of hydrogen-bond acceptors (Lipinski definition) is 4. The number of piperazine rings is 1. The number of pyridine rings is 1. The highest BCUT2D eigenvalue weighted by Gasteiger charge is 2.31. The first-order chi connectivity index (χ1) is 12.7.